The van der Waals surface area contributed by atoms with Gasteiger partial charge in [-0.15, -0.1) is 5.06 Å². The number of anilines is 1. The highest BCUT2D eigenvalue weighted by atomic mass is 32.2. The minimum Gasteiger partial charge on any atom is -0.344 e. The summed E-state index contributed by atoms with van der Waals surface area (Å²) >= 11 is 0. The maximum atomic E-state index is 13.3. The Morgan fingerprint density at radius 2 is 1.64 bits per heavy atom. The maximum Gasteiger partial charge on any atom is 0.333 e. The molecule has 3 amide bonds. The SMILES string of the molecule is CCCCN1/C(=C/C=C/C=C/C2=Nc3c(cc(C(=O)NOCCCCCC(=O)ON4C(=O)CCC4=O)c[n+]3CCCS(=O)(=O)O)C2(C)C)C(C)(C)c2cc(S(=O)(=O)O)ccc21. The van der Waals surface area contributed by atoms with E-state index in [0.29, 0.717) is 41.4 Å². The standard InChI is InChI=1S/C42H53N5O12S2/c1-6-7-23-46-33-19-18-30(61(55,56)57)27-31(33)42(4,5)35(46)16-11-8-10-15-34-41(2,3)32-26-29(28-45(39(32)43-34)22-14-25-60(52,53)54)40(51)44-58-24-13-9-12-17-38(50)59-47-36(48)20-21-37(47)49/h8,10-11,15-16,18-19,26-28H,6-7,9,12-14,17,20-25H2,1-5H3,(H2-,44,51,52,53,54,55,56,57)/p+1. The van der Waals surface area contributed by atoms with Crippen LogP contribution in [0.5, 0.6) is 0 Å². The minimum absolute atomic E-state index is 0.00442. The number of aryl methyl sites for hydroxylation is 1. The van der Waals surface area contributed by atoms with Gasteiger partial charge >= 0.3 is 11.8 Å². The van der Waals surface area contributed by atoms with E-state index < -0.39 is 60.5 Å². The molecule has 4 heterocycles. The zero-order valence-corrected chi connectivity index (χ0v) is 36.7. The van der Waals surface area contributed by atoms with Crippen molar-refractivity contribution in [3.05, 3.63) is 83.2 Å². The molecule has 61 heavy (non-hydrogen) atoms. The molecule has 17 nitrogen and oxygen atoms in total. The van der Waals surface area contributed by atoms with Crippen molar-refractivity contribution >= 4 is 61.1 Å². The Hall–Kier alpha value is -5.08. The number of nitrogens with zero attached hydrogens (tertiary/aromatic N) is 4. The van der Waals surface area contributed by atoms with Crippen LogP contribution >= 0.6 is 0 Å². The van der Waals surface area contributed by atoms with E-state index in [-0.39, 0.29) is 49.3 Å². The molecule has 0 aliphatic carbocycles. The molecule has 5 rings (SSSR count). The maximum absolute atomic E-state index is 13.3. The van der Waals surface area contributed by atoms with Crippen molar-refractivity contribution in [3.8, 4) is 0 Å². The molecule has 0 radical (unpaired) electrons. The first-order valence-electron chi connectivity index (χ1n) is 20.2. The van der Waals surface area contributed by atoms with E-state index in [0.717, 1.165) is 36.3 Å². The Kier molecular flexibility index (Phi) is 14.9. The molecular formula is C42H54N5O12S2+. The van der Waals surface area contributed by atoms with Crippen molar-refractivity contribution in [2.75, 3.05) is 23.8 Å². The first kappa shape index (κ1) is 47.0. The summed E-state index contributed by atoms with van der Waals surface area (Å²) in [5, 5.41) is 0.510. The van der Waals surface area contributed by atoms with Crippen LogP contribution in [-0.4, -0.2) is 79.3 Å². The number of amides is 3. The topological polar surface area (TPSA) is 230 Å². The summed E-state index contributed by atoms with van der Waals surface area (Å²) in [6, 6.07) is 6.38. The number of rotatable bonds is 20. The third-order valence-electron chi connectivity index (χ3n) is 10.8. The smallest absolute Gasteiger partial charge is 0.333 e. The van der Waals surface area contributed by atoms with Crippen molar-refractivity contribution < 1.29 is 59.4 Å². The predicted molar refractivity (Wildman–Crippen MR) is 225 cm³/mol. The number of allylic oxidation sites excluding steroid dienone is 6. The molecule has 0 atom stereocenters. The number of nitrogens with one attached hydrogen (secondary N) is 1. The molecule has 1 fully saturated rings. The molecule has 3 N–H and O–H groups in total. The summed E-state index contributed by atoms with van der Waals surface area (Å²) in [6.07, 6.45) is 14.4. The molecule has 0 bridgehead atoms. The fourth-order valence-corrected chi connectivity index (χ4v) is 8.41. The van der Waals surface area contributed by atoms with Gasteiger partial charge in [0.2, 0.25) is 0 Å². The number of aromatic nitrogens is 1. The van der Waals surface area contributed by atoms with Gasteiger partial charge in [0, 0.05) is 49.0 Å². The van der Waals surface area contributed by atoms with Crippen LogP contribution in [0.1, 0.15) is 114 Å². The second-order valence-electron chi connectivity index (χ2n) is 16.1. The highest BCUT2D eigenvalue weighted by Crippen LogP contribution is 2.48. The first-order chi connectivity index (χ1) is 28.6. The number of carbonyl (C=O) groups is 4. The Labute approximate surface area is 356 Å². The Morgan fingerprint density at radius 3 is 2.31 bits per heavy atom. The molecule has 3 aliphatic heterocycles. The molecule has 2 aromatic rings. The fourth-order valence-electron chi connectivity index (χ4n) is 7.41. The van der Waals surface area contributed by atoms with Crippen LogP contribution in [0.4, 0.5) is 11.5 Å². The summed E-state index contributed by atoms with van der Waals surface area (Å²) in [7, 11) is -8.61. The molecule has 1 saturated heterocycles. The van der Waals surface area contributed by atoms with Crippen molar-refractivity contribution in [1.29, 1.82) is 0 Å². The van der Waals surface area contributed by atoms with Crippen molar-refractivity contribution in [2.24, 2.45) is 4.99 Å². The first-order valence-corrected chi connectivity index (χ1v) is 23.3. The van der Waals surface area contributed by atoms with E-state index in [9.17, 15) is 45.1 Å². The summed E-state index contributed by atoms with van der Waals surface area (Å²) in [5.41, 5.74) is 5.45. The van der Waals surface area contributed by atoms with Crippen LogP contribution in [0.2, 0.25) is 0 Å². The van der Waals surface area contributed by atoms with Gasteiger partial charge in [0.15, 0.2) is 5.71 Å². The van der Waals surface area contributed by atoms with Gasteiger partial charge in [-0.2, -0.15) is 16.8 Å². The monoisotopic (exact) mass is 884 g/mol. The molecule has 1 aromatic heterocycles. The van der Waals surface area contributed by atoms with Gasteiger partial charge in [-0.1, -0.05) is 51.8 Å². The lowest BCUT2D eigenvalue weighted by Gasteiger charge is -2.27. The Balaban J connectivity index is 1.25. The molecule has 0 saturated carbocycles. The lowest BCUT2D eigenvalue weighted by molar-refractivity contribution is -0.684. The lowest BCUT2D eigenvalue weighted by Crippen LogP contribution is -2.38. The van der Waals surface area contributed by atoms with Gasteiger partial charge in [-0.05, 0) is 80.1 Å². The quantitative estimate of drug-likeness (QED) is 0.0384. The fraction of sp³-hybridized carbons (Fsp3) is 0.476. The zero-order chi connectivity index (χ0) is 44.8. The van der Waals surface area contributed by atoms with Gasteiger partial charge in [-0.3, -0.25) is 28.3 Å². The average molecular weight is 885 g/mol. The number of benzene rings is 1. The van der Waals surface area contributed by atoms with E-state index in [1.807, 2.05) is 58.1 Å². The third kappa shape index (κ3) is 11.4. The Bertz CT molecular complexity index is 2390. The van der Waals surface area contributed by atoms with Crippen molar-refractivity contribution in [2.45, 2.75) is 115 Å². The lowest BCUT2D eigenvalue weighted by atomic mass is 9.81. The number of hydrogen-bond donors (Lipinski definition) is 3. The van der Waals surface area contributed by atoms with Crippen LogP contribution in [0.25, 0.3) is 0 Å². The number of pyridine rings is 1. The van der Waals surface area contributed by atoms with Gasteiger partial charge in [-0.25, -0.2) is 14.8 Å². The number of hydrogen-bond acceptors (Lipinski definition) is 12. The predicted octanol–water partition coefficient (Wildman–Crippen LogP) is 5.29. The summed E-state index contributed by atoms with van der Waals surface area (Å²) in [4.78, 5) is 65.8. The second kappa shape index (κ2) is 19.3. The van der Waals surface area contributed by atoms with E-state index in [4.69, 9.17) is 14.7 Å². The third-order valence-corrected chi connectivity index (χ3v) is 12.5. The van der Waals surface area contributed by atoms with Gasteiger partial charge in [0.1, 0.15) is 6.20 Å². The van der Waals surface area contributed by atoms with Crippen LogP contribution in [-0.2, 0) is 61.7 Å². The number of aliphatic imine (C=N–C) groups is 1. The van der Waals surface area contributed by atoms with E-state index in [2.05, 4.69) is 17.3 Å². The van der Waals surface area contributed by atoms with Gasteiger partial charge < -0.3 is 9.74 Å². The van der Waals surface area contributed by atoms with Gasteiger partial charge in [0.25, 0.3) is 38.0 Å². The number of fused-ring (bicyclic) bond motifs is 2. The number of carbonyl (C=O) groups excluding carboxylic acids is 4. The van der Waals surface area contributed by atoms with Crippen LogP contribution in [0.3, 0.4) is 0 Å². The summed E-state index contributed by atoms with van der Waals surface area (Å²) in [6.45, 7) is 11.0. The van der Waals surface area contributed by atoms with Crippen LogP contribution in [0, 0.1) is 0 Å². The Morgan fingerprint density at radius 1 is 0.918 bits per heavy atom. The molecule has 330 valence electrons. The summed E-state index contributed by atoms with van der Waals surface area (Å²) < 4.78 is 67.7. The molecule has 1 aromatic carbocycles. The molecule has 19 heteroatoms. The van der Waals surface area contributed by atoms with Gasteiger partial charge in [0.05, 0.1) is 40.3 Å². The minimum atomic E-state index is -4.38. The normalized spacial score (nSPS) is 17.8. The molecule has 0 spiro atoms. The van der Waals surface area contributed by atoms with Crippen LogP contribution < -0.4 is 14.9 Å². The number of unbranched alkanes of at least 4 members (excludes halogenated alkanes) is 3. The molecular weight excluding hydrogens is 831 g/mol. The molecule has 0 unspecified atom stereocenters. The summed E-state index contributed by atoms with van der Waals surface area (Å²) in [5.74, 6) is -2.29. The number of hydroxylamine groups is 3. The van der Waals surface area contributed by atoms with E-state index >= 15 is 0 Å². The largest absolute Gasteiger partial charge is 0.344 e. The van der Waals surface area contributed by atoms with E-state index in [1.54, 1.807) is 22.9 Å². The van der Waals surface area contributed by atoms with Crippen LogP contribution in [0.15, 0.2) is 76.4 Å². The zero-order valence-electron chi connectivity index (χ0n) is 35.0. The van der Waals surface area contributed by atoms with E-state index in [1.165, 1.54) is 12.1 Å². The average Bonchev–Trinajstić information content (AvgIpc) is 3.72. The second-order valence-corrected chi connectivity index (χ2v) is 19.1. The van der Waals surface area contributed by atoms with Crippen molar-refractivity contribution in [3.63, 3.8) is 0 Å². The highest BCUT2D eigenvalue weighted by Gasteiger charge is 2.43. The number of imide groups is 1. The molecule has 3 aliphatic rings. The van der Waals surface area contributed by atoms with Crippen molar-refractivity contribution in [1.82, 2.24) is 10.5 Å². The highest BCUT2D eigenvalue weighted by molar-refractivity contribution is 7.86.